The number of furan rings is 1. The highest BCUT2D eigenvalue weighted by Crippen LogP contribution is 2.23. The van der Waals surface area contributed by atoms with Crippen LogP contribution >= 0.6 is 0 Å². The molecular formula is C17H28O5. The zero-order chi connectivity index (χ0) is 17.2. The molecule has 0 aromatic carbocycles. The smallest absolute Gasteiger partial charge is 0.311 e. The largest absolute Gasteiger partial charge is 0.472 e. The van der Waals surface area contributed by atoms with Crippen LogP contribution in [0.5, 0.6) is 0 Å². The molecule has 22 heavy (non-hydrogen) atoms. The van der Waals surface area contributed by atoms with Crippen molar-refractivity contribution in [3.63, 3.8) is 0 Å². The first-order valence-corrected chi connectivity index (χ1v) is 7.59. The predicted octanol–water partition coefficient (Wildman–Crippen LogP) is 3.62. The van der Waals surface area contributed by atoms with Gasteiger partial charge in [0.25, 0.3) is 0 Å². The van der Waals surface area contributed by atoms with E-state index in [2.05, 4.69) is 4.74 Å². The molecule has 0 amide bonds. The van der Waals surface area contributed by atoms with Gasteiger partial charge in [-0.2, -0.15) is 0 Å². The second-order valence-electron chi connectivity index (χ2n) is 5.82. The fourth-order valence-electron chi connectivity index (χ4n) is 1.61. The molecule has 0 spiro atoms. The molecular weight excluding hydrogens is 284 g/mol. The Bertz CT molecular complexity index is 432. The summed E-state index contributed by atoms with van der Waals surface area (Å²) in [6.45, 7) is 11.9. The lowest BCUT2D eigenvalue weighted by atomic mass is 9.87. The molecule has 0 radical (unpaired) electrons. The standard InChI is InChI=1S/C11H16O3.C6H12O2/c1-4-14-10(12)11(2,3)7-9-5-6-13-8-9;1-4-8-6(7)5(2)3/h5-6,8H,4,7H2,1-3H3;5H,4H2,1-3H3. The average molecular weight is 312 g/mol. The summed E-state index contributed by atoms with van der Waals surface area (Å²) in [6, 6.07) is 1.86. The Labute approximate surface area is 133 Å². The molecule has 1 heterocycles. The zero-order valence-electron chi connectivity index (χ0n) is 14.5. The zero-order valence-corrected chi connectivity index (χ0v) is 14.5. The molecule has 0 N–H and O–H groups in total. The van der Waals surface area contributed by atoms with Crippen molar-refractivity contribution in [2.45, 2.75) is 48.0 Å². The van der Waals surface area contributed by atoms with E-state index < -0.39 is 5.41 Å². The Morgan fingerprint density at radius 2 is 1.77 bits per heavy atom. The number of ether oxygens (including phenoxy) is 2. The SMILES string of the molecule is CCOC(=O)C(C)(C)Cc1ccoc1.CCOC(=O)C(C)C. The molecule has 1 aromatic heterocycles. The molecule has 0 aliphatic rings. The van der Waals surface area contributed by atoms with Gasteiger partial charge in [-0.1, -0.05) is 13.8 Å². The van der Waals surface area contributed by atoms with Crippen LogP contribution in [0.25, 0.3) is 0 Å². The number of carbonyl (C=O) groups is 2. The van der Waals surface area contributed by atoms with Crippen LogP contribution in [0.15, 0.2) is 23.0 Å². The number of hydrogen-bond donors (Lipinski definition) is 0. The van der Waals surface area contributed by atoms with Crippen LogP contribution in [0, 0.1) is 11.3 Å². The van der Waals surface area contributed by atoms with Crippen molar-refractivity contribution in [3.8, 4) is 0 Å². The summed E-state index contributed by atoms with van der Waals surface area (Å²) in [5.74, 6) is -0.274. The Hall–Kier alpha value is -1.78. The van der Waals surface area contributed by atoms with E-state index in [9.17, 15) is 9.59 Å². The Kier molecular flexibility index (Phi) is 9.22. The fraction of sp³-hybridized carbons (Fsp3) is 0.647. The van der Waals surface area contributed by atoms with Gasteiger partial charge < -0.3 is 13.9 Å². The van der Waals surface area contributed by atoms with Gasteiger partial charge in [0.1, 0.15) is 0 Å². The Morgan fingerprint density at radius 3 is 2.14 bits per heavy atom. The van der Waals surface area contributed by atoms with Gasteiger partial charge in [0.05, 0.1) is 37.1 Å². The number of esters is 2. The summed E-state index contributed by atoms with van der Waals surface area (Å²) in [4.78, 5) is 22.1. The fourth-order valence-corrected chi connectivity index (χ4v) is 1.61. The number of carbonyl (C=O) groups excluding carboxylic acids is 2. The van der Waals surface area contributed by atoms with Crippen molar-refractivity contribution in [1.82, 2.24) is 0 Å². The summed E-state index contributed by atoms with van der Waals surface area (Å²) >= 11 is 0. The van der Waals surface area contributed by atoms with Crippen LogP contribution in [-0.2, 0) is 25.5 Å². The molecule has 0 saturated heterocycles. The summed E-state index contributed by atoms with van der Waals surface area (Å²) in [7, 11) is 0. The first kappa shape index (κ1) is 20.2. The van der Waals surface area contributed by atoms with Gasteiger partial charge in [0, 0.05) is 0 Å². The molecule has 0 aliphatic heterocycles. The third kappa shape index (κ3) is 7.86. The van der Waals surface area contributed by atoms with Crippen LogP contribution in [0.4, 0.5) is 0 Å². The topological polar surface area (TPSA) is 65.7 Å². The Morgan fingerprint density at radius 1 is 1.18 bits per heavy atom. The quantitative estimate of drug-likeness (QED) is 0.751. The molecule has 5 nitrogen and oxygen atoms in total. The van der Waals surface area contributed by atoms with Crippen LogP contribution in [0.1, 0.15) is 47.1 Å². The lowest BCUT2D eigenvalue weighted by Gasteiger charge is -2.21. The summed E-state index contributed by atoms with van der Waals surface area (Å²) in [5, 5.41) is 0. The van der Waals surface area contributed by atoms with Crippen molar-refractivity contribution in [2.24, 2.45) is 11.3 Å². The van der Waals surface area contributed by atoms with Crippen molar-refractivity contribution in [1.29, 1.82) is 0 Å². The number of hydrogen-bond acceptors (Lipinski definition) is 5. The molecule has 0 fully saturated rings. The van der Waals surface area contributed by atoms with Gasteiger partial charge in [0.15, 0.2) is 0 Å². The van der Waals surface area contributed by atoms with Crippen LogP contribution < -0.4 is 0 Å². The van der Waals surface area contributed by atoms with E-state index in [1.54, 1.807) is 19.5 Å². The predicted molar refractivity (Wildman–Crippen MR) is 84.3 cm³/mol. The minimum Gasteiger partial charge on any atom is -0.472 e. The second kappa shape index (κ2) is 10.0. The van der Waals surface area contributed by atoms with Gasteiger partial charge in [-0.15, -0.1) is 0 Å². The summed E-state index contributed by atoms with van der Waals surface area (Å²) < 4.78 is 14.6. The maximum atomic E-state index is 11.5. The molecule has 1 aromatic rings. The lowest BCUT2D eigenvalue weighted by molar-refractivity contribution is -0.153. The van der Waals surface area contributed by atoms with Gasteiger partial charge in [0.2, 0.25) is 0 Å². The molecule has 0 aliphatic carbocycles. The van der Waals surface area contributed by atoms with Crippen molar-refractivity contribution >= 4 is 11.9 Å². The first-order chi connectivity index (χ1) is 10.2. The van der Waals surface area contributed by atoms with E-state index >= 15 is 0 Å². The molecule has 0 bridgehead atoms. The highest BCUT2D eigenvalue weighted by molar-refractivity contribution is 5.76. The highest BCUT2D eigenvalue weighted by Gasteiger charge is 2.29. The van der Waals surface area contributed by atoms with Gasteiger partial charge in [-0.05, 0) is 45.7 Å². The van der Waals surface area contributed by atoms with Crippen molar-refractivity contribution in [2.75, 3.05) is 13.2 Å². The number of rotatable bonds is 6. The third-order valence-electron chi connectivity index (χ3n) is 2.81. The average Bonchev–Trinajstić information content (AvgIpc) is 2.92. The summed E-state index contributed by atoms with van der Waals surface area (Å²) in [6.07, 6.45) is 3.90. The van der Waals surface area contributed by atoms with Crippen molar-refractivity contribution in [3.05, 3.63) is 24.2 Å². The van der Waals surface area contributed by atoms with E-state index in [0.29, 0.717) is 19.6 Å². The van der Waals surface area contributed by atoms with E-state index in [-0.39, 0.29) is 17.9 Å². The van der Waals surface area contributed by atoms with E-state index in [0.717, 1.165) is 5.56 Å². The lowest BCUT2D eigenvalue weighted by Crippen LogP contribution is -2.28. The van der Waals surface area contributed by atoms with E-state index in [4.69, 9.17) is 9.15 Å². The highest BCUT2D eigenvalue weighted by atomic mass is 16.5. The van der Waals surface area contributed by atoms with Crippen molar-refractivity contribution < 1.29 is 23.5 Å². The summed E-state index contributed by atoms with van der Waals surface area (Å²) in [5.41, 5.74) is 0.530. The van der Waals surface area contributed by atoms with Gasteiger partial charge in [-0.3, -0.25) is 9.59 Å². The maximum absolute atomic E-state index is 11.5. The van der Waals surface area contributed by atoms with E-state index in [1.807, 2.05) is 40.7 Å². The minimum atomic E-state index is -0.486. The molecule has 126 valence electrons. The second-order valence-corrected chi connectivity index (χ2v) is 5.82. The normalized spacial score (nSPS) is 10.7. The molecule has 5 heteroatoms. The van der Waals surface area contributed by atoms with Crippen LogP contribution in [0.2, 0.25) is 0 Å². The van der Waals surface area contributed by atoms with Gasteiger partial charge >= 0.3 is 11.9 Å². The molecule has 0 saturated carbocycles. The first-order valence-electron chi connectivity index (χ1n) is 7.59. The monoisotopic (exact) mass is 312 g/mol. The van der Waals surface area contributed by atoms with Crippen LogP contribution in [-0.4, -0.2) is 25.2 Å². The molecule has 0 atom stereocenters. The van der Waals surface area contributed by atoms with Gasteiger partial charge in [-0.25, -0.2) is 0 Å². The third-order valence-corrected chi connectivity index (χ3v) is 2.81. The van der Waals surface area contributed by atoms with Crippen LogP contribution in [0.3, 0.4) is 0 Å². The molecule has 1 rings (SSSR count). The Balaban J connectivity index is 0.000000472. The van der Waals surface area contributed by atoms with E-state index in [1.165, 1.54) is 0 Å². The minimum absolute atomic E-state index is 0.00921. The molecule has 0 unspecified atom stereocenters. The maximum Gasteiger partial charge on any atom is 0.311 e.